The third-order valence-electron chi connectivity index (χ3n) is 4.16. The first kappa shape index (κ1) is 17.4. The van der Waals surface area contributed by atoms with Crippen LogP contribution in [0.3, 0.4) is 0 Å². The van der Waals surface area contributed by atoms with Crippen molar-refractivity contribution in [2.75, 3.05) is 32.9 Å². The van der Waals surface area contributed by atoms with E-state index in [0.29, 0.717) is 39.3 Å². The minimum Gasteiger partial charge on any atom is -0.493 e. The molecule has 1 fully saturated rings. The molecular formula is C19H23N3O3. The minimum absolute atomic E-state index is 0.106. The summed E-state index contributed by atoms with van der Waals surface area (Å²) in [5, 5.41) is 0. The monoisotopic (exact) mass is 341 g/mol. The van der Waals surface area contributed by atoms with E-state index >= 15 is 0 Å². The van der Waals surface area contributed by atoms with Gasteiger partial charge in [-0.25, -0.2) is 9.97 Å². The van der Waals surface area contributed by atoms with Crippen molar-refractivity contribution >= 4 is 5.91 Å². The normalized spacial score (nSPS) is 17.8. The molecule has 1 amide bonds. The van der Waals surface area contributed by atoms with Gasteiger partial charge in [-0.3, -0.25) is 4.79 Å². The first-order valence-corrected chi connectivity index (χ1v) is 8.59. The maximum absolute atomic E-state index is 12.5. The van der Waals surface area contributed by atoms with Gasteiger partial charge in [-0.15, -0.1) is 0 Å². The van der Waals surface area contributed by atoms with Gasteiger partial charge >= 0.3 is 0 Å². The topological polar surface area (TPSA) is 64.5 Å². The Morgan fingerprint density at radius 2 is 2.16 bits per heavy atom. The van der Waals surface area contributed by atoms with E-state index in [2.05, 4.69) is 9.97 Å². The Bertz CT molecular complexity index is 651. The molecule has 1 aromatic carbocycles. The number of para-hydroxylation sites is 1. The lowest BCUT2D eigenvalue weighted by atomic mass is 10.0. The Hall–Kier alpha value is -2.47. The van der Waals surface area contributed by atoms with Crippen LogP contribution in [0.15, 0.2) is 48.9 Å². The van der Waals surface area contributed by atoms with E-state index < -0.39 is 0 Å². The van der Waals surface area contributed by atoms with Gasteiger partial charge in [0, 0.05) is 30.9 Å². The van der Waals surface area contributed by atoms with E-state index in [4.69, 9.17) is 9.47 Å². The fourth-order valence-corrected chi connectivity index (χ4v) is 2.90. The summed E-state index contributed by atoms with van der Waals surface area (Å²) >= 11 is 0. The largest absolute Gasteiger partial charge is 0.493 e. The van der Waals surface area contributed by atoms with E-state index in [9.17, 15) is 4.79 Å². The van der Waals surface area contributed by atoms with Gasteiger partial charge in [-0.05, 0) is 24.6 Å². The van der Waals surface area contributed by atoms with Gasteiger partial charge in [0.05, 0.1) is 26.2 Å². The summed E-state index contributed by atoms with van der Waals surface area (Å²) in [5.41, 5.74) is 0.977. The number of benzene rings is 1. The lowest BCUT2D eigenvalue weighted by Crippen LogP contribution is -2.37. The number of amides is 1. The molecule has 1 saturated heterocycles. The van der Waals surface area contributed by atoms with E-state index in [1.54, 1.807) is 12.5 Å². The average Bonchev–Trinajstić information content (AvgIpc) is 2.89. The lowest BCUT2D eigenvalue weighted by molar-refractivity contribution is -0.132. The minimum atomic E-state index is 0.106. The highest BCUT2D eigenvalue weighted by Crippen LogP contribution is 2.14. The average molecular weight is 341 g/mol. The molecule has 6 heteroatoms. The molecule has 2 heterocycles. The van der Waals surface area contributed by atoms with Crippen molar-refractivity contribution < 1.29 is 14.3 Å². The quantitative estimate of drug-likeness (QED) is 0.804. The zero-order valence-corrected chi connectivity index (χ0v) is 14.2. The molecule has 2 aromatic rings. The molecule has 1 atom stereocenters. The predicted molar refractivity (Wildman–Crippen MR) is 93.2 cm³/mol. The second-order valence-corrected chi connectivity index (χ2v) is 6.10. The maximum atomic E-state index is 12.5. The van der Waals surface area contributed by atoms with Crippen LogP contribution >= 0.6 is 0 Å². The summed E-state index contributed by atoms with van der Waals surface area (Å²) in [6.07, 6.45) is 4.45. The van der Waals surface area contributed by atoms with Crippen LogP contribution < -0.4 is 4.74 Å². The zero-order valence-electron chi connectivity index (χ0n) is 14.2. The zero-order chi connectivity index (χ0) is 17.3. The third-order valence-corrected chi connectivity index (χ3v) is 4.16. The van der Waals surface area contributed by atoms with Gasteiger partial charge in [0.1, 0.15) is 12.1 Å². The second-order valence-electron chi connectivity index (χ2n) is 6.10. The van der Waals surface area contributed by atoms with E-state index in [1.165, 1.54) is 0 Å². The number of ether oxygens (including phenoxy) is 2. The van der Waals surface area contributed by atoms with Crippen LogP contribution in [-0.2, 0) is 16.0 Å². The van der Waals surface area contributed by atoms with Crippen molar-refractivity contribution in [2.24, 2.45) is 5.92 Å². The van der Waals surface area contributed by atoms with Gasteiger partial charge in [-0.1, -0.05) is 18.2 Å². The van der Waals surface area contributed by atoms with E-state index in [0.717, 1.165) is 17.9 Å². The van der Waals surface area contributed by atoms with Crippen LogP contribution in [0, 0.1) is 5.92 Å². The van der Waals surface area contributed by atoms with Gasteiger partial charge in [0.15, 0.2) is 0 Å². The van der Waals surface area contributed by atoms with Gasteiger partial charge < -0.3 is 14.4 Å². The van der Waals surface area contributed by atoms with Crippen molar-refractivity contribution in [3.8, 4) is 5.75 Å². The SMILES string of the molecule is O=C(CCOc1ccccc1)N1CCOC[C@H](Cc2ccncn2)C1. The van der Waals surface area contributed by atoms with Crippen LogP contribution in [0.1, 0.15) is 12.1 Å². The number of carbonyl (C=O) groups excluding carboxylic acids is 1. The highest BCUT2D eigenvalue weighted by Gasteiger charge is 2.23. The van der Waals surface area contributed by atoms with Gasteiger partial charge in [0.25, 0.3) is 0 Å². The second kappa shape index (κ2) is 9.13. The molecule has 0 saturated carbocycles. The summed E-state index contributed by atoms with van der Waals surface area (Å²) in [7, 11) is 0. The van der Waals surface area contributed by atoms with Crippen LogP contribution in [0.4, 0.5) is 0 Å². The highest BCUT2D eigenvalue weighted by molar-refractivity contribution is 5.76. The molecular weight excluding hydrogens is 318 g/mol. The number of nitrogens with zero attached hydrogens (tertiary/aromatic N) is 3. The third kappa shape index (κ3) is 5.53. The molecule has 0 spiro atoms. The number of carbonyl (C=O) groups is 1. The van der Waals surface area contributed by atoms with Gasteiger partial charge in [-0.2, -0.15) is 0 Å². The van der Waals surface area contributed by atoms with Crippen molar-refractivity contribution in [2.45, 2.75) is 12.8 Å². The van der Waals surface area contributed by atoms with Crippen LogP contribution in [0.2, 0.25) is 0 Å². The number of hydrogen-bond donors (Lipinski definition) is 0. The van der Waals surface area contributed by atoms with Crippen molar-refractivity contribution in [1.82, 2.24) is 14.9 Å². The number of hydrogen-bond acceptors (Lipinski definition) is 5. The molecule has 1 aromatic heterocycles. The molecule has 1 aliphatic rings. The van der Waals surface area contributed by atoms with Gasteiger partial charge in [0.2, 0.25) is 5.91 Å². The molecule has 0 N–H and O–H groups in total. The van der Waals surface area contributed by atoms with Crippen molar-refractivity contribution in [3.05, 3.63) is 54.6 Å². The predicted octanol–water partition coefficient (Wildman–Crippen LogP) is 1.96. The van der Waals surface area contributed by atoms with Crippen LogP contribution in [0.5, 0.6) is 5.75 Å². The summed E-state index contributed by atoms with van der Waals surface area (Å²) in [4.78, 5) is 22.6. The smallest absolute Gasteiger partial charge is 0.226 e. The van der Waals surface area contributed by atoms with Crippen molar-refractivity contribution in [3.63, 3.8) is 0 Å². The molecule has 3 rings (SSSR count). The highest BCUT2D eigenvalue weighted by atomic mass is 16.5. The fourth-order valence-electron chi connectivity index (χ4n) is 2.90. The summed E-state index contributed by atoms with van der Waals surface area (Å²) < 4.78 is 11.3. The first-order chi connectivity index (χ1) is 12.3. The number of aromatic nitrogens is 2. The number of rotatable bonds is 6. The Labute approximate surface area is 147 Å². The standard InChI is InChI=1S/C19H23N3O3/c23-19(7-10-25-18-4-2-1-3-5-18)22-9-11-24-14-16(13-22)12-17-6-8-20-15-21-17/h1-6,8,15-16H,7,9-14H2/t16-/m1/s1. The first-order valence-electron chi connectivity index (χ1n) is 8.59. The molecule has 6 nitrogen and oxygen atoms in total. The Morgan fingerprint density at radius 1 is 1.28 bits per heavy atom. The lowest BCUT2D eigenvalue weighted by Gasteiger charge is -2.23. The molecule has 1 aliphatic heterocycles. The molecule has 25 heavy (non-hydrogen) atoms. The fraction of sp³-hybridized carbons (Fsp3) is 0.421. The van der Waals surface area contributed by atoms with Crippen molar-refractivity contribution in [1.29, 1.82) is 0 Å². The molecule has 0 radical (unpaired) electrons. The Morgan fingerprint density at radius 3 is 2.96 bits per heavy atom. The van der Waals surface area contributed by atoms with E-state index in [-0.39, 0.29) is 11.8 Å². The van der Waals surface area contributed by atoms with Crippen LogP contribution in [0.25, 0.3) is 0 Å². The van der Waals surface area contributed by atoms with E-state index in [1.807, 2.05) is 41.3 Å². The Balaban J connectivity index is 1.49. The summed E-state index contributed by atoms with van der Waals surface area (Å²) in [6, 6.07) is 11.5. The molecule has 0 aliphatic carbocycles. The van der Waals surface area contributed by atoms with Crippen LogP contribution in [-0.4, -0.2) is 53.7 Å². The molecule has 0 unspecified atom stereocenters. The maximum Gasteiger partial charge on any atom is 0.226 e. The molecule has 0 bridgehead atoms. The summed E-state index contributed by atoms with van der Waals surface area (Å²) in [5.74, 6) is 1.14. The summed E-state index contributed by atoms with van der Waals surface area (Å²) in [6.45, 7) is 2.93. The Kier molecular flexibility index (Phi) is 6.34. The molecule has 132 valence electrons.